The topological polar surface area (TPSA) is 104 Å². The molecule has 198 valence electrons. The van der Waals surface area contributed by atoms with Crippen LogP contribution in [0, 0.1) is 18.7 Å². The fourth-order valence-electron chi connectivity index (χ4n) is 3.92. The number of carbonyl (C=O) groups is 2. The number of carbonyl (C=O) groups excluding carboxylic acids is 1. The van der Waals surface area contributed by atoms with Crippen LogP contribution in [0.3, 0.4) is 0 Å². The zero-order valence-electron chi connectivity index (χ0n) is 21.0. The van der Waals surface area contributed by atoms with Crippen LogP contribution in [-0.2, 0) is 19.6 Å². The molecule has 2 rings (SSSR count). The molecule has 0 saturated heterocycles. The van der Waals surface area contributed by atoms with E-state index in [2.05, 4.69) is 5.32 Å². The van der Waals surface area contributed by atoms with Gasteiger partial charge in [-0.3, -0.25) is 9.10 Å². The third-order valence-electron chi connectivity index (χ3n) is 5.73. The van der Waals surface area contributed by atoms with Crippen molar-refractivity contribution in [3.8, 4) is 0 Å². The van der Waals surface area contributed by atoms with Crippen molar-refractivity contribution in [2.75, 3.05) is 4.31 Å². The molecule has 0 unspecified atom stereocenters. The fraction of sp³-hybridized carbons (Fsp3) is 0.462. The molecule has 0 spiro atoms. The van der Waals surface area contributed by atoms with Gasteiger partial charge in [0.25, 0.3) is 10.0 Å². The Morgan fingerprint density at radius 3 is 2.31 bits per heavy atom. The van der Waals surface area contributed by atoms with Crippen molar-refractivity contribution >= 4 is 39.2 Å². The first-order valence-electron chi connectivity index (χ1n) is 11.9. The van der Waals surface area contributed by atoms with E-state index in [4.69, 9.17) is 11.6 Å². The second-order valence-electron chi connectivity index (χ2n) is 9.39. The van der Waals surface area contributed by atoms with Crippen LogP contribution in [0.4, 0.5) is 10.1 Å². The Balaban J connectivity index is 2.14. The fourth-order valence-corrected chi connectivity index (χ4v) is 5.73. The van der Waals surface area contributed by atoms with Gasteiger partial charge in [0.05, 0.1) is 10.6 Å². The molecule has 7 nitrogen and oxygen atoms in total. The van der Waals surface area contributed by atoms with Gasteiger partial charge in [0.1, 0.15) is 11.9 Å². The maximum absolute atomic E-state index is 14.8. The average molecular weight is 541 g/mol. The summed E-state index contributed by atoms with van der Waals surface area (Å²) in [6.07, 6.45) is 1.71. The Labute approximate surface area is 217 Å². The Morgan fingerprint density at radius 2 is 1.72 bits per heavy atom. The number of unbranched alkanes of at least 4 members (excludes halogenated alkanes) is 1. The molecule has 1 amide bonds. The summed E-state index contributed by atoms with van der Waals surface area (Å²) in [5.41, 5.74) is 0.661. The van der Waals surface area contributed by atoms with Gasteiger partial charge in [-0.05, 0) is 81.0 Å². The molecule has 2 N–H and O–H groups in total. The molecule has 0 bridgehead atoms. The number of sulfonamides is 1. The molecule has 2 atom stereocenters. The summed E-state index contributed by atoms with van der Waals surface area (Å²) in [5, 5.41) is 12.2. The zero-order chi connectivity index (χ0) is 27.0. The smallest absolute Gasteiger partial charge is 0.326 e. The number of anilines is 1. The number of hydrogen-bond acceptors (Lipinski definition) is 4. The van der Waals surface area contributed by atoms with E-state index in [0.717, 1.165) is 4.31 Å². The first-order chi connectivity index (χ1) is 16.8. The van der Waals surface area contributed by atoms with Gasteiger partial charge in [-0.1, -0.05) is 37.9 Å². The minimum Gasteiger partial charge on any atom is -0.480 e. The standard InChI is InChI=1S/C26H34ClFN2O5S/c1-17(2)15-23(26(32)33)29-25(31)8-6-5-7-19(4)30(24-16-18(3)9-14-22(24)28)36(34,35)21-12-10-20(27)11-13-21/h9-14,16-17,19,23H,5-8,15H2,1-4H3,(H,29,31)(H,32,33)/t19-,23+/m1/s1. The summed E-state index contributed by atoms with van der Waals surface area (Å²) >= 11 is 5.92. The SMILES string of the molecule is Cc1ccc(F)c(N([C@H](C)CCCCC(=O)N[C@@H](CC(C)C)C(=O)O)S(=O)(=O)c2ccc(Cl)cc2)c1. The molecular weight excluding hydrogens is 507 g/mol. The third-order valence-corrected chi connectivity index (χ3v) is 7.92. The number of amides is 1. The van der Waals surface area contributed by atoms with Crippen LogP contribution in [-0.4, -0.2) is 37.5 Å². The minimum absolute atomic E-state index is 0.0103. The van der Waals surface area contributed by atoms with Gasteiger partial charge in [-0.15, -0.1) is 0 Å². The molecule has 2 aromatic carbocycles. The second kappa shape index (κ2) is 13.1. The predicted molar refractivity (Wildman–Crippen MR) is 139 cm³/mol. The Kier molecular flexibility index (Phi) is 10.7. The summed E-state index contributed by atoms with van der Waals surface area (Å²) in [5.74, 6) is -1.99. The number of rotatable bonds is 13. The first-order valence-corrected chi connectivity index (χ1v) is 13.7. The van der Waals surface area contributed by atoms with Crippen molar-refractivity contribution in [3.05, 3.63) is 58.9 Å². The lowest BCUT2D eigenvalue weighted by Crippen LogP contribution is -2.41. The van der Waals surface area contributed by atoms with E-state index in [0.29, 0.717) is 36.3 Å². The monoisotopic (exact) mass is 540 g/mol. The summed E-state index contributed by atoms with van der Waals surface area (Å²) in [4.78, 5) is 23.6. The average Bonchev–Trinajstić information content (AvgIpc) is 2.78. The quantitative estimate of drug-likeness (QED) is 0.324. The third kappa shape index (κ3) is 8.20. The minimum atomic E-state index is -4.11. The maximum Gasteiger partial charge on any atom is 0.326 e. The summed E-state index contributed by atoms with van der Waals surface area (Å²) in [6.45, 7) is 7.20. The molecule has 10 heteroatoms. The molecule has 36 heavy (non-hydrogen) atoms. The Bertz CT molecular complexity index is 1160. The van der Waals surface area contributed by atoms with Gasteiger partial charge in [0, 0.05) is 17.5 Å². The van der Waals surface area contributed by atoms with E-state index in [9.17, 15) is 27.5 Å². The number of carboxylic acids is 1. The van der Waals surface area contributed by atoms with E-state index < -0.39 is 33.9 Å². The predicted octanol–water partition coefficient (Wildman–Crippen LogP) is 5.55. The van der Waals surface area contributed by atoms with Gasteiger partial charge >= 0.3 is 5.97 Å². The first kappa shape index (κ1) is 29.6. The second-order valence-corrected chi connectivity index (χ2v) is 11.6. The number of halogens is 2. The molecule has 0 saturated carbocycles. The van der Waals surface area contributed by atoms with Gasteiger partial charge in [0.15, 0.2) is 0 Å². The number of benzene rings is 2. The lowest BCUT2D eigenvalue weighted by atomic mass is 10.0. The molecular formula is C26H34ClFN2O5S. The van der Waals surface area contributed by atoms with Crippen LogP contribution in [0.25, 0.3) is 0 Å². The van der Waals surface area contributed by atoms with Gasteiger partial charge in [-0.2, -0.15) is 0 Å². The highest BCUT2D eigenvalue weighted by Crippen LogP contribution is 2.31. The van der Waals surface area contributed by atoms with Gasteiger partial charge in [-0.25, -0.2) is 17.6 Å². The summed E-state index contributed by atoms with van der Waals surface area (Å²) in [7, 11) is -4.11. The van der Waals surface area contributed by atoms with E-state index in [-0.39, 0.29) is 28.8 Å². The molecule has 0 aliphatic rings. The lowest BCUT2D eigenvalue weighted by molar-refractivity contribution is -0.142. The van der Waals surface area contributed by atoms with Crippen molar-refractivity contribution < 1.29 is 27.5 Å². The number of aryl methyl sites for hydroxylation is 1. The van der Waals surface area contributed by atoms with Gasteiger partial charge in [0.2, 0.25) is 5.91 Å². The summed E-state index contributed by atoms with van der Waals surface area (Å²) < 4.78 is 43.0. The largest absolute Gasteiger partial charge is 0.480 e. The molecule has 0 aliphatic carbocycles. The summed E-state index contributed by atoms with van der Waals surface area (Å²) in [6, 6.07) is 8.43. The van der Waals surface area contributed by atoms with E-state index >= 15 is 0 Å². The number of hydrogen-bond donors (Lipinski definition) is 2. The van der Waals surface area contributed by atoms with Crippen LogP contribution in [0.2, 0.25) is 5.02 Å². The van der Waals surface area contributed by atoms with Crippen LogP contribution in [0.15, 0.2) is 47.4 Å². The molecule has 2 aromatic rings. The number of carboxylic acid groups (broad SMARTS) is 1. The lowest BCUT2D eigenvalue weighted by Gasteiger charge is -2.31. The molecule has 0 aliphatic heterocycles. The Hall–Kier alpha value is -2.65. The van der Waals surface area contributed by atoms with Gasteiger partial charge < -0.3 is 10.4 Å². The van der Waals surface area contributed by atoms with Crippen molar-refractivity contribution in [3.63, 3.8) is 0 Å². The van der Waals surface area contributed by atoms with Crippen molar-refractivity contribution in [2.45, 2.75) is 76.8 Å². The van der Waals surface area contributed by atoms with E-state index in [1.54, 1.807) is 19.9 Å². The molecule has 0 fully saturated rings. The van der Waals surface area contributed by atoms with Crippen molar-refractivity contribution in [2.24, 2.45) is 5.92 Å². The highest BCUT2D eigenvalue weighted by Gasteiger charge is 2.31. The molecule has 0 aromatic heterocycles. The van der Waals surface area contributed by atoms with Crippen LogP contribution in [0.5, 0.6) is 0 Å². The van der Waals surface area contributed by atoms with Crippen LogP contribution >= 0.6 is 11.6 Å². The van der Waals surface area contributed by atoms with E-state index in [1.807, 2.05) is 13.8 Å². The van der Waals surface area contributed by atoms with Crippen LogP contribution < -0.4 is 9.62 Å². The van der Waals surface area contributed by atoms with Crippen molar-refractivity contribution in [1.82, 2.24) is 5.32 Å². The number of nitrogens with one attached hydrogen (secondary N) is 1. The number of aliphatic carboxylic acids is 1. The highest BCUT2D eigenvalue weighted by molar-refractivity contribution is 7.92. The number of nitrogens with zero attached hydrogens (tertiary/aromatic N) is 1. The van der Waals surface area contributed by atoms with E-state index in [1.165, 1.54) is 36.4 Å². The molecule has 0 heterocycles. The highest BCUT2D eigenvalue weighted by atomic mass is 35.5. The normalized spacial score (nSPS) is 13.3. The van der Waals surface area contributed by atoms with Crippen molar-refractivity contribution in [1.29, 1.82) is 0 Å². The maximum atomic E-state index is 14.8. The van der Waals surface area contributed by atoms with Crippen LogP contribution in [0.1, 0.15) is 58.4 Å². The molecule has 0 radical (unpaired) electrons. The zero-order valence-corrected chi connectivity index (χ0v) is 22.6. The Morgan fingerprint density at radius 1 is 1.08 bits per heavy atom.